The van der Waals surface area contributed by atoms with Crippen LogP contribution in [-0.4, -0.2) is 55.5 Å². The number of benzene rings is 1. The number of anilines is 2. The Hall–Kier alpha value is -2.09. The Kier molecular flexibility index (Phi) is 6.71. The predicted octanol–water partition coefficient (Wildman–Crippen LogP) is 3.49. The van der Waals surface area contributed by atoms with Gasteiger partial charge in [-0.15, -0.1) is 0 Å². The molecular formula is C19H24FN3O3S. The van der Waals surface area contributed by atoms with Gasteiger partial charge in [-0.3, -0.25) is 9.69 Å². The average molecular weight is 393 g/mol. The molecule has 0 N–H and O–H groups in total. The van der Waals surface area contributed by atoms with Crippen LogP contribution in [0.3, 0.4) is 0 Å². The van der Waals surface area contributed by atoms with Crippen LogP contribution in [0.25, 0.3) is 0 Å². The number of amides is 2. The zero-order valence-electron chi connectivity index (χ0n) is 15.4. The highest BCUT2D eigenvalue weighted by Gasteiger charge is 2.32. The van der Waals surface area contributed by atoms with E-state index in [0.717, 1.165) is 31.0 Å². The maximum atomic E-state index is 14.7. The quantitative estimate of drug-likeness (QED) is 0.717. The van der Waals surface area contributed by atoms with Crippen molar-refractivity contribution in [1.82, 2.24) is 0 Å². The number of nitrogens with zero attached hydrogens (tertiary/aromatic N) is 3. The van der Waals surface area contributed by atoms with E-state index in [9.17, 15) is 14.0 Å². The van der Waals surface area contributed by atoms with Gasteiger partial charge in [0.05, 0.1) is 24.1 Å². The van der Waals surface area contributed by atoms with Gasteiger partial charge in [0.15, 0.2) is 6.10 Å². The minimum atomic E-state index is -0.608. The second-order valence-corrected chi connectivity index (χ2v) is 7.77. The van der Waals surface area contributed by atoms with Crippen molar-refractivity contribution < 1.29 is 18.7 Å². The second kappa shape index (κ2) is 9.21. The van der Waals surface area contributed by atoms with Crippen LogP contribution in [0.5, 0.6) is 0 Å². The van der Waals surface area contributed by atoms with Crippen LogP contribution in [-0.2, 0) is 9.53 Å². The Morgan fingerprint density at radius 1 is 1.41 bits per heavy atom. The molecule has 1 atom stereocenters. The standard InChI is InChI=1S/C19H24FN3O3S/c1-2-4-18(24)21-12-15-13-23(19(25)26-15)14-5-6-17(16(20)11-14)22-7-3-9-27-10-8-22/h5-6,11-12,15H,2-4,7-10,13H2,1H3/b21-12+/t15-/m0/s1. The molecule has 0 saturated carbocycles. The fourth-order valence-corrected chi connectivity index (χ4v) is 4.01. The van der Waals surface area contributed by atoms with E-state index in [0.29, 0.717) is 24.2 Å². The van der Waals surface area contributed by atoms with E-state index in [1.807, 2.05) is 18.7 Å². The third kappa shape index (κ3) is 5.00. The molecule has 27 heavy (non-hydrogen) atoms. The van der Waals surface area contributed by atoms with Crippen LogP contribution in [0.15, 0.2) is 23.2 Å². The first kappa shape index (κ1) is 19.7. The van der Waals surface area contributed by atoms with Crippen LogP contribution < -0.4 is 9.80 Å². The van der Waals surface area contributed by atoms with Gasteiger partial charge in [-0.2, -0.15) is 11.8 Å². The molecule has 2 aliphatic heterocycles. The Balaban J connectivity index is 1.68. The minimum absolute atomic E-state index is 0.209. The third-order valence-corrected chi connectivity index (χ3v) is 5.54. The number of thioether (sulfide) groups is 1. The number of rotatable bonds is 5. The predicted molar refractivity (Wildman–Crippen MR) is 107 cm³/mol. The molecule has 0 spiro atoms. The summed E-state index contributed by atoms with van der Waals surface area (Å²) in [6.45, 7) is 3.75. The summed E-state index contributed by atoms with van der Waals surface area (Å²) >= 11 is 1.88. The first-order valence-corrected chi connectivity index (χ1v) is 10.4. The van der Waals surface area contributed by atoms with Crippen molar-refractivity contribution in [3.63, 3.8) is 0 Å². The van der Waals surface area contributed by atoms with Gasteiger partial charge in [0, 0.05) is 25.3 Å². The zero-order valence-corrected chi connectivity index (χ0v) is 16.2. The van der Waals surface area contributed by atoms with Crippen LogP contribution in [0.2, 0.25) is 0 Å². The maximum absolute atomic E-state index is 14.7. The Morgan fingerprint density at radius 3 is 3.04 bits per heavy atom. The van der Waals surface area contributed by atoms with Crippen molar-refractivity contribution in [3.8, 4) is 0 Å². The number of halogens is 1. The first-order chi connectivity index (χ1) is 13.1. The Labute approximate surface area is 162 Å². The van der Waals surface area contributed by atoms with Crippen molar-refractivity contribution in [2.45, 2.75) is 32.3 Å². The van der Waals surface area contributed by atoms with E-state index in [2.05, 4.69) is 9.89 Å². The summed E-state index contributed by atoms with van der Waals surface area (Å²) in [5.41, 5.74) is 1.01. The van der Waals surface area contributed by atoms with E-state index in [1.165, 1.54) is 17.2 Å². The van der Waals surface area contributed by atoms with Crippen LogP contribution in [0.1, 0.15) is 26.2 Å². The molecule has 8 heteroatoms. The lowest BCUT2D eigenvalue weighted by atomic mass is 10.2. The smallest absolute Gasteiger partial charge is 0.415 e. The molecule has 0 aliphatic carbocycles. The number of carbonyl (C=O) groups is 2. The number of aliphatic imine (C=N–C) groups is 1. The molecule has 3 rings (SSSR count). The number of carbonyl (C=O) groups excluding carboxylic acids is 2. The number of hydrogen-bond donors (Lipinski definition) is 0. The Bertz CT molecular complexity index is 720. The van der Waals surface area contributed by atoms with Crippen LogP contribution in [0.4, 0.5) is 20.6 Å². The summed E-state index contributed by atoms with van der Waals surface area (Å²) in [5.74, 6) is 1.50. The average Bonchev–Trinajstić information content (AvgIpc) is 2.83. The van der Waals surface area contributed by atoms with Gasteiger partial charge in [-0.25, -0.2) is 14.2 Å². The molecular weight excluding hydrogens is 369 g/mol. The van der Waals surface area contributed by atoms with Crippen molar-refractivity contribution >= 4 is 41.4 Å². The highest BCUT2D eigenvalue weighted by Crippen LogP contribution is 2.29. The highest BCUT2D eigenvalue weighted by atomic mass is 32.2. The van der Waals surface area contributed by atoms with Crippen LogP contribution in [0, 0.1) is 5.82 Å². The monoisotopic (exact) mass is 393 g/mol. The summed E-state index contributed by atoms with van der Waals surface area (Å²) < 4.78 is 19.9. The molecule has 0 bridgehead atoms. The highest BCUT2D eigenvalue weighted by molar-refractivity contribution is 7.99. The first-order valence-electron chi connectivity index (χ1n) is 9.26. The molecule has 0 radical (unpaired) electrons. The van der Waals surface area contributed by atoms with Gasteiger partial charge in [0.2, 0.25) is 5.91 Å². The van der Waals surface area contributed by atoms with E-state index >= 15 is 0 Å². The van der Waals surface area contributed by atoms with Crippen molar-refractivity contribution in [3.05, 3.63) is 24.0 Å². The zero-order chi connectivity index (χ0) is 19.2. The van der Waals surface area contributed by atoms with Crippen molar-refractivity contribution in [1.29, 1.82) is 0 Å². The molecule has 0 aromatic heterocycles. The lowest BCUT2D eigenvalue weighted by Gasteiger charge is -2.24. The van der Waals surface area contributed by atoms with Crippen molar-refractivity contribution in [2.24, 2.45) is 4.99 Å². The summed E-state index contributed by atoms with van der Waals surface area (Å²) in [4.78, 5) is 30.8. The lowest BCUT2D eigenvalue weighted by Crippen LogP contribution is -2.27. The molecule has 2 saturated heterocycles. The maximum Gasteiger partial charge on any atom is 0.415 e. The van der Waals surface area contributed by atoms with Gasteiger partial charge in [-0.05, 0) is 36.8 Å². The normalized spacial score (nSPS) is 20.8. The number of hydrogen-bond acceptors (Lipinski definition) is 5. The molecule has 6 nitrogen and oxygen atoms in total. The molecule has 0 unspecified atom stereocenters. The van der Waals surface area contributed by atoms with E-state index in [-0.39, 0.29) is 18.3 Å². The topological polar surface area (TPSA) is 62.2 Å². The summed E-state index contributed by atoms with van der Waals surface area (Å²) in [7, 11) is 0. The van der Waals surface area contributed by atoms with Gasteiger partial charge in [0.25, 0.3) is 0 Å². The van der Waals surface area contributed by atoms with E-state index < -0.39 is 12.2 Å². The lowest BCUT2D eigenvalue weighted by molar-refractivity contribution is -0.117. The SMILES string of the molecule is CCCC(=O)/N=C/[C@H]1CN(c2ccc(N3CCCSCC3)c(F)c2)C(=O)O1. The summed E-state index contributed by atoms with van der Waals surface area (Å²) in [5, 5.41) is 0. The molecule has 1 aromatic carbocycles. The van der Waals surface area contributed by atoms with E-state index in [1.54, 1.807) is 12.1 Å². The molecule has 2 heterocycles. The third-order valence-electron chi connectivity index (χ3n) is 4.49. The van der Waals surface area contributed by atoms with E-state index in [4.69, 9.17) is 4.74 Å². The number of ether oxygens (including phenoxy) is 1. The largest absolute Gasteiger partial charge is 0.438 e. The Morgan fingerprint density at radius 2 is 2.26 bits per heavy atom. The van der Waals surface area contributed by atoms with Crippen molar-refractivity contribution in [2.75, 3.05) is 40.9 Å². The fourth-order valence-electron chi connectivity index (χ4n) is 3.13. The van der Waals surface area contributed by atoms with Gasteiger partial charge >= 0.3 is 6.09 Å². The molecule has 2 aliphatic rings. The molecule has 146 valence electrons. The fraction of sp³-hybridized carbons (Fsp3) is 0.526. The minimum Gasteiger partial charge on any atom is -0.438 e. The molecule has 2 amide bonds. The summed E-state index contributed by atoms with van der Waals surface area (Å²) in [6.07, 6.45) is 2.30. The van der Waals surface area contributed by atoms with Gasteiger partial charge in [-0.1, -0.05) is 6.92 Å². The summed E-state index contributed by atoms with van der Waals surface area (Å²) in [6, 6.07) is 4.83. The molecule has 1 aromatic rings. The molecule has 2 fully saturated rings. The van der Waals surface area contributed by atoms with Gasteiger partial charge in [0.1, 0.15) is 5.82 Å². The van der Waals surface area contributed by atoms with Gasteiger partial charge < -0.3 is 9.64 Å². The van der Waals surface area contributed by atoms with Crippen LogP contribution >= 0.6 is 11.8 Å². The second-order valence-electron chi connectivity index (χ2n) is 6.54. The number of cyclic esters (lactones) is 1.